The Morgan fingerprint density at radius 2 is 2.33 bits per heavy atom. The second kappa shape index (κ2) is 3.94. The van der Waals surface area contributed by atoms with Gasteiger partial charge in [-0.3, -0.25) is 4.79 Å². The molecule has 3 atom stereocenters. The molecular weight excluding hydrogens is 155 g/mol. The molecule has 0 radical (unpaired) electrons. The number of aliphatic hydroxyl groups excluding tert-OH is 1. The molecule has 0 spiro atoms. The summed E-state index contributed by atoms with van der Waals surface area (Å²) < 4.78 is 4.85. The first kappa shape index (κ1) is 9.58. The summed E-state index contributed by atoms with van der Waals surface area (Å²) in [5.41, 5.74) is 0. The number of carbonyl (C=O) groups is 1. The van der Waals surface area contributed by atoms with E-state index in [1.54, 1.807) is 0 Å². The van der Waals surface area contributed by atoms with Crippen LogP contribution < -0.4 is 0 Å². The Kier molecular flexibility index (Phi) is 3.15. The fourth-order valence-corrected chi connectivity index (χ4v) is 1.78. The summed E-state index contributed by atoms with van der Waals surface area (Å²) in [5, 5.41) is 9.48. The molecule has 1 saturated carbocycles. The number of esters is 1. The molecule has 1 aliphatic rings. The van der Waals surface area contributed by atoms with Crippen LogP contribution in [0, 0.1) is 5.92 Å². The molecule has 3 nitrogen and oxygen atoms in total. The van der Waals surface area contributed by atoms with Crippen molar-refractivity contribution < 1.29 is 14.6 Å². The molecule has 0 unspecified atom stereocenters. The minimum atomic E-state index is -0.278. The molecule has 1 fully saturated rings. The van der Waals surface area contributed by atoms with Gasteiger partial charge in [0.05, 0.1) is 12.7 Å². The van der Waals surface area contributed by atoms with Gasteiger partial charge in [0.2, 0.25) is 0 Å². The lowest BCUT2D eigenvalue weighted by molar-refractivity contribution is -0.143. The summed E-state index contributed by atoms with van der Waals surface area (Å²) in [4.78, 5) is 10.5. The highest BCUT2D eigenvalue weighted by atomic mass is 16.5. The van der Waals surface area contributed by atoms with Gasteiger partial charge in [-0.2, -0.15) is 0 Å². The van der Waals surface area contributed by atoms with Crippen LogP contribution >= 0.6 is 0 Å². The summed E-state index contributed by atoms with van der Waals surface area (Å²) >= 11 is 0. The van der Waals surface area contributed by atoms with Crippen LogP contribution in [0.4, 0.5) is 0 Å². The Hall–Kier alpha value is -0.505. The first-order chi connectivity index (χ1) is 5.59. The maximum Gasteiger partial charge on any atom is 0.302 e. The van der Waals surface area contributed by atoms with E-state index >= 15 is 0 Å². The van der Waals surface area contributed by atoms with Crippen LogP contribution in [-0.2, 0) is 9.53 Å². The molecule has 1 aliphatic carbocycles. The number of hydrogen-bond acceptors (Lipinski definition) is 3. The Morgan fingerprint density at radius 3 is 2.75 bits per heavy atom. The number of rotatable bonds is 2. The normalized spacial score (nSPS) is 35.0. The van der Waals surface area contributed by atoms with Gasteiger partial charge in [0.1, 0.15) is 7.85 Å². The van der Waals surface area contributed by atoms with Crippen molar-refractivity contribution in [2.45, 2.75) is 31.7 Å². The van der Waals surface area contributed by atoms with Gasteiger partial charge in [0, 0.05) is 12.8 Å². The average molecular weight is 170 g/mol. The molecule has 1 rings (SSSR count). The van der Waals surface area contributed by atoms with E-state index in [0.29, 0.717) is 12.4 Å². The van der Waals surface area contributed by atoms with Crippen molar-refractivity contribution >= 4 is 13.8 Å². The van der Waals surface area contributed by atoms with Crippen LogP contribution in [0.15, 0.2) is 0 Å². The third-order valence-electron chi connectivity index (χ3n) is 2.39. The van der Waals surface area contributed by atoms with Gasteiger partial charge in [-0.05, 0) is 12.8 Å². The van der Waals surface area contributed by atoms with E-state index in [1.165, 1.54) is 6.92 Å². The lowest BCUT2D eigenvalue weighted by Gasteiger charge is -2.13. The van der Waals surface area contributed by atoms with Crippen molar-refractivity contribution in [3.8, 4) is 0 Å². The van der Waals surface area contributed by atoms with Crippen molar-refractivity contribution in [1.82, 2.24) is 0 Å². The number of ether oxygens (including phenoxy) is 1. The molecule has 0 amide bonds. The van der Waals surface area contributed by atoms with Crippen LogP contribution in [0.1, 0.15) is 19.8 Å². The van der Waals surface area contributed by atoms with E-state index in [2.05, 4.69) is 7.85 Å². The molecule has 0 saturated heterocycles. The van der Waals surface area contributed by atoms with Gasteiger partial charge in [0.25, 0.3) is 0 Å². The maximum atomic E-state index is 10.5. The van der Waals surface area contributed by atoms with Gasteiger partial charge < -0.3 is 9.84 Å². The van der Waals surface area contributed by atoms with Crippen LogP contribution in [0.5, 0.6) is 0 Å². The number of aliphatic hydroxyl groups is 1. The SMILES string of the molecule is B[C@H]1C[C@@H](COC(C)=O)[C@@H](O)C1. The molecule has 0 bridgehead atoms. The van der Waals surface area contributed by atoms with Crippen LogP contribution in [0.2, 0.25) is 5.82 Å². The molecule has 0 aromatic heterocycles. The van der Waals surface area contributed by atoms with Crippen LogP contribution in [-0.4, -0.2) is 31.6 Å². The lowest BCUT2D eigenvalue weighted by atomic mass is 9.85. The molecule has 68 valence electrons. The second-order valence-electron chi connectivity index (χ2n) is 3.71. The van der Waals surface area contributed by atoms with Crippen molar-refractivity contribution in [3.05, 3.63) is 0 Å². The number of hydrogen-bond donors (Lipinski definition) is 1. The monoisotopic (exact) mass is 170 g/mol. The standard InChI is InChI=1S/C8H15BO3/c1-5(10)12-4-6-2-7(9)3-8(6)11/h6-8,11H,2-4,9H2,1H3/t6-,7-,8-/m0/s1. The molecular formula is C8H15BO3. The van der Waals surface area contributed by atoms with Gasteiger partial charge >= 0.3 is 5.97 Å². The first-order valence-corrected chi connectivity index (χ1v) is 4.41. The van der Waals surface area contributed by atoms with Crippen molar-refractivity contribution in [2.75, 3.05) is 6.61 Å². The van der Waals surface area contributed by atoms with Crippen LogP contribution in [0.25, 0.3) is 0 Å². The van der Waals surface area contributed by atoms with Gasteiger partial charge in [-0.15, -0.1) is 0 Å². The first-order valence-electron chi connectivity index (χ1n) is 4.41. The van der Waals surface area contributed by atoms with Gasteiger partial charge in [0.15, 0.2) is 0 Å². The topological polar surface area (TPSA) is 46.5 Å². The fourth-order valence-electron chi connectivity index (χ4n) is 1.78. The highest BCUT2D eigenvalue weighted by Gasteiger charge is 2.30. The van der Waals surface area contributed by atoms with E-state index in [0.717, 1.165) is 12.8 Å². The Labute approximate surface area is 73.5 Å². The largest absolute Gasteiger partial charge is 0.465 e. The summed E-state index contributed by atoms with van der Waals surface area (Å²) in [6.07, 6.45) is 1.53. The third-order valence-corrected chi connectivity index (χ3v) is 2.39. The van der Waals surface area contributed by atoms with E-state index in [-0.39, 0.29) is 18.0 Å². The van der Waals surface area contributed by atoms with Crippen LogP contribution in [0.3, 0.4) is 0 Å². The Morgan fingerprint density at radius 1 is 1.67 bits per heavy atom. The zero-order chi connectivity index (χ0) is 9.14. The molecule has 0 aliphatic heterocycles. The molecule has 0 aromatic rings. The quantitative estimate of drug-likeness (QED) is 0.458. The van der Waals surface area contributed by atoms with E-state index in [1.807, 2.05) is 0 Å². The van der Waals surface area contributed by atoms with Gasteiger partial charge in [-0.1, -0.05) is 5.82 Å². The van der Waals surface area contributed by atoms with Crippen molar-refractivity contribution in [1.29, 1.82) is 0 Å². The Bertz CT molecular complexity index is 172. The summed E-state index contributed by atoms with van der Waals surface area (Å²) in [5.74, 6) is 0.450. The predicted octanol–water partition coefficient (Wildman–Crippen LogP) is -0.258. The molecule has 4 heteroatoms. The third kappa shape index (κ3) is 2.52. The van der Waals surface area contributed by atoms with Gasteiger partial charge in [-0.25, -0.2) is 0 Å². The fraction of sp³-hybridized carbons (Fsp3) is 0.875. The summed E-state index contributed by atoms with van der Waals surface area (Å²) in [6.45, 7) is 1.77. The summed E-state index contributed by atoms with van der Waals surface area (Å²) in [7, 11) is 2.11. The lowest BCUT2D eigenvalue weighted by Crippen LogP contribution is -2.20. The van der Waals surface area contributed by atoms with Crippen molar-refractivity contribution in [2.24, 2.45) is 5.92 Å². The smallest absolute Gasteiger partial charge is 0.302 e. The molecule has 0 aromatic carbocycles. The van der Waals surface area contributed by atoms with E-state index in [9.17, 15) is 9.90 Å². The summed E-state index contributed by atoms with van der Waals surface area (Å²) in [6, 6.07) is 0. The predicted molar refractivity (Wildman–Crippen MR) is 47.7 cm³/mol. The van der Waals surface area contributed by atoms with Crippen molar-refractivity contribution in [3.63, 3.8) is 0 Å². The molecule has 0 heterocycles. The maximum absolute atomic E-state index is 10.5. The zero-order valence-electron chi connectivity index (χ0n) is 7.62. The van der Waals surface area contributed by atoms with E-state index < -0.39 is 0 Å². The second-order valence-corrected chi connectivity index (χ2v) is 3.71. The molecule has 12 heavy (non-hydrogen) atoms. The zero-order valence-corrected chi connectivity index (χ0v) is 7.62. The minimum absolute atomic E-state index is 0.156. The number of carbonyl (C=O) groups excluding carboxylic acids is 1. The van der Waals surface area contributed by atoms with E-state index in [4.69, 9.17) is 4.74 Å². The minimum Gasteiger partial charge on any atom is -0.465 e. The molecule has 1 N–H and O–H groups in total. The highest BCUT2D eigenvalue weighted by Crippen LogP contribution is 2.33. The average Bonchev–Trinajstić information content (AvgIpc) is 2.26. The highest BCUT2D eigenvalue weighted by molar-refractivity contribution is 6.11. The Balaban J connectivity index is 2.28.